The molecule has 1 aromatic carbocycles. The van der Waals surface area contributed by atoms with E-state index in [9.17, 15) is 0 Å². The van der Waals surface area contributed by atoms with E-state index in [1.807, 2.05) is 38.4 Å². The summed E-state index contributed by atoms with van der Waals surface area (Å²) in [6, 6.07) is 8.08. The smallest absolute Gasteiger partial charge is 0.261 e. The molecule has 0 amide bonds. The van der Waals surface area contributed by atoms with Crippen LogP contribution in [0.3, 0.4) is 0 Å². The molecule has 0 aliphatic heterocycles. The van der Waals surface area contributed by atoms with Crippen LogP contribution in [0.4, 0.5) is 11.4 Å². The Morgan fingerprint density at radius 1 is 1.15 bits per heavy atom. The molecule has 0 aliphatic rings. The van der Waals surface area contributed by atoms with Gasteiger partial charge >= 0.3 is 0 Å². The van der Waals surface area contributed by atoms with Gasteiger partial charge in [-0.05, 0) is 49.6 Å². The minimum Gasteiger partial charge on any atom is -0.469 e. The highest BCUT2D eigenvalue weighted by Crippen LogP contribution is 2.15. The fraction of sp³-hybridized carbons (Fsp3) is 0.533. The summed E-state index contributed by atoms with van der Waals surface area (Å²) < 4.78 is 5.53. The van der Waals surface area contributed by atoms with Crippen LogP contribution in [0.15, 0.2) is 24.3 Å². The van der Waals surface area contributed by atoms with Crippen molar-refractivity contribution in [1.82, 2.24) is 4.90 Å². The van der Waals surface area contributed by atoms with Gasteiger partial charge < -0.3 is 19.9 Å². The SMILES string of the molecule is CCN(CC)CCOC(=S)Nc1ccc(N(C)C)cc1. The van der Waals surface area contributed by atoms with Gasteiger partial charge in [0.05, 0.1) is 0 Å². The second-order valence-electron chi connectivity index (χ2n) is 4.73. The van der Waals surface area contributed by atoms with Crippen LogP contribution in [0.25, 0.3) is 0 Å². The number of thiocarbonyl (C=S) groups is 1. The number of hydrogen-bond acceptors (Lipinski definition) is 4. The maximum atomic E-state index is 5.53. The van der Waals surface area contributed by atoms with E-state index in [-0.39, 0.29) is 0 Å². The Hall–Kier alpha value is -1.33. The molecule has 20 heavy (non-hydrogen) atoms. The first-order valence-corrected chi connectivity index (χ1v) is 7.41. The number of nitrogens with one attached hydrogen (secondary N) is 1. The van der Waals surface area contributed by atoms with E-state index in [4.69, 9.17) is 17.0 Å². The van der Waals surface area contributed by atoms with E-state index < -0.39 is 0 Å². The third-order valence-electron chi connectivity index (χ3n) is 3.17. The van der Waals surface area contributed by atoms with Gasteiger partial charge in [0.15, 0.2) is 0 Å². The Morgan fingerprint density at radius 2 is 1.75 bits per heavy atom. The molecule has 0 heterocycles. The van der Waals surface area contributed by atoms with E-state index in [0.717, 1.165) is 31.0 Å². The quantitative estimate of drug-likeness (QED) is 0.781. The monoisotopic (exact) mass is 295 g/mol. The fourth-order valence-corrected chi connectivity index (χ4v) is 2.01. The molecule has 0 spiro atoms. The molecule has 0 fully saturated rings. The number of ether oxygens (including phenoxy) is 1. The third kappa shape index (κ3) is 5.75. The molecule has 0 atom stereocenters. The Labute approximate surface area is 127 Å². The van der Waals surface area contributed by atoms with Crippen molar-refractivity contribution in [3.8, 4) is 0 Å². The van der Waals surface area contributed by atoms with E-state index in [1.54, 1.807) is 0 Å². The molecule has 5 heteroatoms. The van der Waals surface area contributed by atoms with Gasteiger partial charge in [-0.2, -0.15) is 0 Å². The first-order chi connectivity index (χ1) is 9.56. The summed E-state index contributed by atoms with van der Waals surface area (Å²) in [6.45, 7) is 7.87. The predicted octanol–water partition coefficient (Wildman–Crippen LogP) is 2.81. The summed E-state index contributed by atoms with van der Waals surface area (Å²) >= 11 is 5.18. The van der Waals surface area contributed by atoms with E-state index >= 15 is 0 Å². The van der Waals surface area contributed by atoms with Crippen molar-refractivity contribution < 1.29 is 4.74 Å². The lowest BCUT2D eigenvalue weighted by molar-refractivity contribution is 0.218. The average Bonchev–Trinajstić information content (AvgIpc) is 2.44. The van der Waals surface area contributed by atoms with Crippen molar-refractivity contribution in [3.05, 3.63) is 24.3 Å². The van der Waals surface area contributed by atoms with Crippen molar-refractivity contribution in [2.45, 2.75) is 13.8 Å². The van der Waals surface area contributed by atoms with Crippen molar-refractivity contribution >= 4 is 28.8 Å². The lowest BCUT2D eigenvalue weighted by atomic mass is 10.2. The first-order valence-electron chi connectivity index (χ1n) is 7.00. The van der Waals surface area contributed by atoms with E-state index in [0.29, 0.717) is 11.8 Å². The number of likely N-dealkylation sites (N-methyl/N-ethyl adjacent to an activating group) is 1. The van der Waals surface area contributed by atoms with Gasteiger partial charge in [-0.3, -0.25) is 0 Å². The molecule has 0 saturated carbocycles. The summed E-state index contributed by atoms with van der Waals surface area (Å²) in [6.07, 6.45) is 0. The highest BCUT2D eigenvalue weighted by Gasteiger charge is 2.02. The molecule has 1 rings (SSSR count). The highest BCUT2D eigenvalue weighted by atomic mass is 32.1. The zero-order chi connectivity index (χ0) is 15.0. The van der Waals surface area contributed by atoms with E-state index in [2.05, 4.69) is 29.0 Å². The normalized spacial score (nSPS) is 10.4. The number of rotatable bonds is 7. The van der Waals surface area contributed by atoms with Crippen molar-refractivity contribution in [2.75, 3.05) is 50.6 Å². The second-order valence-corrected chi connectivity index (χ2v) is 5.10. The van der Waals surface area contributed by atoms with Gasteiger partial charge in [-0.15, -0.1) is 0 Å². The zero-order valence-corrected chi connectivity index (χ0v) is 13.7. The lowest BCUT2D eigenvalue weighted by Crippen LogP contribution is -2.28. The largest absolute Gasteiger partial charge is 0.469 e. The molecule has 4 nitrogen and oxygen atoms in total. The Balaban J connectivity index is 2.35. The molecule has 0 aromatic heterocycles. The van der Waals surface area contributed by atoms with E-state index in [1.165, 1.54) is 0 Å². The molecule has 0 saturated heterocycles. The standard InChI is InChI=1S/C15H25N3OS/c1-5-18(6-2)11-12-19-15(20)16-13-7-9-14(10-8-13)17(3)4/h7-10H,5-6,11-12H2,1-4H3,(H,16,20). The van der Waals surface area contributed by atoms with Crippen LogP contribution in [0.2, 0.25) is 0 Å². The molecule has 112 valence electrons. The minimum absolute atomic E-state index is 0.426. The number of anilines is 2. The first kappa shape index (κ1) is 16.7. The molecule has 1 N–H and O–H groups in total. The highest BCUT2D eigenvalue weighted by molar-refractivity contribution is 7.80. The summed E-state index contributed by atoms with van der Waals surface area (Å²) in [5.41, 5.74) is 2.10. The maximum absolute atomic E-state index is 5.53. The zero-order valence-electron chi connectivity index (χ0n) is 12.8. The molecule has 1 aromatic rings. The van der Waals surface area contributed by atoms with Gasteiger partial charge in [0.2, 0.25) is 0 Å². The minimum atomic E-state index is 0.426. The number of nitrogens with zero attached hydrogens (tertiary/aromatic N) is 2. The van der Waals surface area contributed by atoms with Crippen LogP contribution < -0.4 is 10.2 Å². The summed E-state index contributed by atoms with van der Waals surface area (Å²) in [5.74, 6) is 0. The van der Waals surface area contributed by atoms with Crippen LogP contribution in [0, 0.1) is 0 Å². The van der Waals surface area contributed by atoms with Crippen molar-refractivity contribution in [2.24, 2.45) is 0 Å². The van der Waals surface area contributed by atoms with Crippen LogP contribution in [0.5, 0.6) is 0 Å². The van der Waals surface area contributed by atoms with Gasteiger partial charge in [0, 0.05) is 32.0 Å². The summed E-state index contributed by atoms with van der Waals surface area (Å²) in [4.78, 5) is 4.36. The van der Waals surface area contributed by atoms with Gasteiger partial charge in [0.25, 0.3) is 5.17 Å². The summed E-state index contributed by atoms with van der Waals surface area (Å²) in [5, 5.41) is 3.52. The number of hydrogen-bond donors (Lipinski definition) is 1. The van der Waals surface area contributed by atoms with Gasteiger partial charge in [-0.1, -0.05) is 13.8 Å². The van der Waals surface area contributed by atoms with Gasteiger partial charge in [-0.25, -0.2) is 0 Å². The summed E-state index contributed by atoms with van der Waals surface area (Å²) in [7, 11) is 4.03. The second kappa shape index (κ2) is 8.76. The number of benzene rings is 1. The predicted molar refractivity (Wildman–Crippen MR) is 90.7 cm³/mol. The van der Waals surface area contributed by atoms with Crippen molar-refractivity contribution in [1.29, 1.82) is 0 Å². The fourth-order valence-electron chi connectivity index (χ4n) is 1.80. The molecule has 0 aliphatic carbocycles. The maximum Gasteiger partial charge on any atom is 0.261 e. The molecule has 0 bridgehead atoms. The molecule has 0 unspecified atom stereocenters. The van der Waals surface area contributed by atoms with Crippen LogP contribution >= 0.6 is 12.2 Å². The molecular weight excluding hydrogens is 270 g/mol. The van der Waals surface area contributed by atoms with Crippen LogP contribution in [-0.2, 0) is 4.74 Å². The topological polar surface area (TPSA) is 27.7 Å². The lowest BCUT2D eigenvalue weighted by Gasteiger charge is -2.18. The van der Waals surface area contributed by atoms with Gasteiger partial charge in [0.1, 0.15) is 6.61 Å². The molecule has 0 radical (unpaired) electrons. The van der Waals surface area contributed by atoms with Crippen LogP contribution in [-0.4, -0.2) is 50.4 Å². The molecular formula is C15H25N3OS. The van der Waals surface area contributed by atoms with Crippen molar-refractivity contribution in [3.63, 3.8) is 0 Å². The Kier molecular flexibility index (Phi) is 7.33. The third-order valence-corrected chi connectivity index (χ3v) is 3.39. The Morgan fingerprint density at radius 3 is 2.25 bits per heavy atom. The van der Waals surface area contributed by atoms with Crippen LogP contribution in [0.1, 0.15) is 13.8 Å². The Bertz CT molecular complexity index is 402. The average molecular weight is 295 g/mol.